The Kier molecular flexibility index (Phi) is 5.07. The molecule has 0 saturated carbocycles. The molecule has 0 spiro atoms. The molecule has 1 saturated heterocycles. The van der Waals surface area contributed by atoms with Crippen molar-refractivity contribution in [2.24, 2.45) is 11.8 Å². The molecule has 3 unspecified atom stereocenters. The smallest absolute Gasteiger partial charge is 0.0145 e. The van der Waals surface area contributed by atoms with Gasteiger partial charge in [-0.2, -0.15) is 0 Å². The maximum atomic E-state index is 3.47. The first-order chi connectivity index (χ1) is 7.02. The van der Waals surface area contributed by atoms with Crippen LogP contribution in [0.5, 0.6) is 0 Å². The molecule has 15 heavy (non-hydrogen) atoms. The summed E-state index contributed by atoms with van der Waals surface area (Å²) in [6.07, 6.45) is 2.62. The Morgan fingerprint density at radius 2 is 2.00 bits per heavy atom. The van der Waals surface area contributed by atoms with Gasteiger partial charge in [-0.3, -0.25) is 0 Å². The van der Waals surface area contributed by atoms with Gasteiger partial charge >= 0.3 is 0 Å². The van der Waals surface area contributed by atoms with Crippen molar-refractivity contribution >= 4 is 0 Å². The van der Waals surface area contributed by atoms with Gasteiger partial charge in [0, 0.05) is 12.1 Å². The second kappa shape index (κ2) is 5.86. The van der Waals surface area contributed by atoms with E-state index in [1.54, 1.807) is 0 Å². The molecule has 90 valence electrons. The van der Waals surface area contributed by atoms with Crippen LogP contribution < -0.4 is 5.32 Å². The second-order valence-corrected chi connectivity index (χ2v) is 5.68. The molecule has 1 rings (SSSR count). The summed E-state index contributed by atoms with van der Waals surface area (Å²) in [4.78, 5) is 2.60. The highest BCUT2D eigenvalue weighted by Gasteiger charge is 2.27. The van der Waals surface area contributed by atoms with Gasteiger partial charge < -0.3 is 10.2 Å². The SMILES string of the molecule is CC(C)CC(C)N(C)C1CCNCC1C. The van der Waals surface area contributed by atoms with Crippen LogP contribution in [0.4, 0.5) is 0 Å². The van der Waals surface area contributed by atoms with Crippen LogP contribution in [-0.4, -0.2) is 37.1 Å². The van der Waals surface area contributed by atoms with Crippen molar-refractivity contribution in [1.82, 2.24) is 10.2 Å². The number of rotatable bonds is 4. The fourth-order valence-electron chi connectivity index (χ4n) is 2.78. The van der Waals surface area contributed by atoms with Gasteiger partial charge in [0.25, 0.3) is 0 Å². The molecular formula is C13H28N2. The number of nitrogens with one attached hydrogen (secondary N) is 1. The summed E-state index contributed by atoms with van der Waals surface area (Å²) in [5, 5.41) is 3.47. The van der Waals surface area contributed by atoms with E-state index in [0.717, 1.165) is 23.9 Å². The first-order valence-electron chi connectivity index (χ1n) is 6.45. The molecule has 2 heteroatoms. The third-order valence-electron chi connectivity index (χ3n) is 3.77. The number of hydrogen-bond acceptors (Lipinski definition) is 2. The molecule has 0 bridgehead atoms. The monoisotopic (exact) mass is 212 g/mol. The van der Waals surface area contributed by atoms with E-state index in [2.05, 4.69) is 45.0 Å². The van der Waals surface area contributed by atoms with Crippen LogP contribution in [0.25, 0.3) is 0 Å². The van der Waals surface area contributed by atoms with Crippen molar-refractivity contribution in [2.75, 3.05) is 20.1 Å². The lowest BCUT2D eigenvalue weighted by molar-refractivity contribution is 0.101. The molecule has 3 atom stereocenters. The van der Waals surface area contributed by atoms with Gasteiger partial charge in [0.1, 0.15) is 0 Å². The third-order valence-corrected chi connectivity index (χ3v) is 3.77. The number of nitrogens with zero attached hydrogens (tertiary/aromatic N) is 1. The van der Waals surface area contributed by atoms with Crippen LogP contribution in [0.1, 0.15) is 40.5 Å². The van der Waals surface area contributed by atoms with E-state index in [1.807, 2.05) is 0 Å². The Labute approximate surface area is 95.4 Å². The summed E-state index contributed by atoms with van der Waals surface area (Å²) in [6, 6.07) is 1.50. The molecule has 0 radical (unpaired) electrons. The lowest BCUT2D eigenvalue weighted by atomic mass is 9.92. The average Bonchev–Trinajstić information content (AvgIpc) is 2.16. The molecule has 1 heterocycles. The van der Waals surface area contributed by atoms with Crippen molar-refractivity contribution in [3.63, 3.8) is 0 Å². The zero-order valence-corrected chi connectivity index (χ0v) is 11.1. The fourth-order valence-corrected chi connectivity index (χ4v) is 2.78. The van der Waals surface area contributed by atoms with Crippen molar-refractivity contribution in [2.45, 2.75) is 52.6 Å². The zero-order chi connectivity index (χ0) is 11.4. The number of piperidine rings is 1. The van der Waals surface area contributed by atoms with E-state index in [0.29, 0.717) is 0 Å². The van der Waals surface area contributed by atoms with Gasteiger partial charge in [-0.15, -0.1) is 0 Å². The summed E-state index contributed by atoms with van der Waals surface area (Å²) < 4.78 is 0. The summed E-state index contributed by atoms with van der Waals surface area (Å²) in [5.74, 6) is 1.60. The Morgan fingerprint density at radius 3 is 2.53 bits per heavy atom. The lowest BCUT2D eigenvalue weighted by Gasteiger charge is -2.40. The molecule has 1 fully saturated rings. The standard InChI is InChI=1S/C13H28N2/c1-10(2)8-12(4)15(5)13-6-7-14-9-11(13)3/h10-14H,6-9H2,1-5H3. The first kappa shape index (κ1) is 13.0. The molecule has 0 amide bonds. The van der Waals surface area contributed by atoms with E-state index in [4.69, 9.17) is 0 Å². The summed E-state index contributed by atoms with van der Waals surface area (Å²) in [7, 11) is 2.31. The van der Waals surface area contributed by atoms with Crippen LogP contribution in [-0.2, 0) is 0 Å². The van der Waals surface area contributed by atoms with Crippen LogP contribution in [0, 0.1) is 11.8 Å². The first-order valence-corrected chi connectivity index (χ1v) is 6.45. The van der Waals surface area contributed by atoms with Crippen LogP contribution >= 0.6 is 0 Å². The minimum atomic E-state index is 0.718. The quantitative estimate of drug-likeness (QED) is 0.769. The Morgan fingerprint density at radius 1 is 1.33 bits per heavy atom. The van der Waals surface area contributed by atoms with Gasteiger partial charge in [0.15, 0.2) is 0 Å². The van der Waals surface area contributed by atoms with E-state index in [9.17, 15) is 0 Å². The van der Waals surface area contributed by atoms with Crippen LogP contribution in [0.3, 0.4) is 0 Å². The van der Waals surface area contributed by atoms with Crippen molar-refractivity contribution in [1.29, 1.82) is 0 Å². The van der Waals surface area contributed by atoms with Gasteiger partial charge in [-0.05, 0) is 51.7 Å². The highest BCUT2D eigenvalue weighted by Crippen LogP contribution is 2.21. The van der Waals surface area contributed by atoms with E-state index in [1.165, 1.54) is 25.9 Å². The van der Waals surface area contributed by atoms with Gasteiger partial charge in [-0.25, -0.2) is 0 Å². The topological polar surface area (TPSA) is 15.3 Å². The maximum Gasteiger partial charge on any atom is 0.0145 e. The highest BCUT2D eigenvalue weighted by atomic mass is 15.2. The molecule has 2 nitrogen and oxygen atoms in total. The van der Waals surface area contributed by atoms with Crippen molar-refractivity contribution in [3.05, 3.63) is 0 Å². The second-order valence-electron chi connectivity index (χ2n) is 5.68. The minimum Gasteiger partial charge on any atom is -0.316 e. The van der Waals surface area contributed by atoms with Gasteiger partial charge in [0.05, 0.1) is 0 Å². The predicted molar refractivity (Wildman–Crippen MR) is 67.1 cm³/mol. The molecule has 0 aromatic rings. The third kappa shape index (κ3) is 3.76. The molecule has 1 aliphatic rings. The summed E-state index contributed by atoms with van der Waals surface area (Å²) >= 11 is 0. The minimum absolute atomic E-state index is 0.718. The lowest BCUT2D eigenvalue weighted by Crippen LogP contribution is -2.50. The molecule has 0 aliphatic carbocycles. The molecule has 0 aromatic carbocycles. The summed E-state index contributed by atoms with van der Waals surface area (Å²) in [5.41, 5.74) is 0. The molecule has 1 N–H and O–H groups in total. The molecule has 1 aliphatic heterocycles. The molecule has 0 aromatic heterocycles. The molecular weight excluding hydrogens is 184 g/mol. The normalized spacial score (nSPS) is 29.8. The van der Waals surface area contributed by atoms with Gasteiger partial charge in [0.2, 0.25) is 0 Å². The van der Waals surface area contributed by atoms with Crippen molar-refractivity contribution < 1.29 is 0 Å². The fraction of sp³-hybridized carbons (Fsp3) is 1.00. The Balaban J connectivity index is 2.46. The zero-order valence-electron chi connectivity index (χ0n) is 11.1. The van der Waals surface area contributed by atoms with Gasteiger partial charge in [-0.1, -0.05) is 20.8 Å². The Hall–Kier alpha value is -0.0800. The largest absolute Gasteiger partial charge is 0.316 e. The van der Waals surface area contributed by atoms with E-state index >= 15 is 0 Å². The van der Waals surface area contributed by atoms with E-state index in [-0.39, 0.29) is 0 Å². The van der Waals surface area contributed by atoms with E-state index < -0.39 is 0 Å². The predicted octanol–water partition coefficient (Wildman–Crippen LogP) is 2.35. The van der Waals surface area contributed by atoms with Crippen LogP contribution in [0.15, 0.2) is 0 Å². The Bertz CT molecular complexity index is 179. The van der Waals surface area contributed by atoms with Crippen LogP contribution in [0.2, 0.25) is 0 Å². The average molecular weight is 212 g/mol. The van der Waals surface area contributed by atoms with Crippen molar-refractivity contribution in [3.8, 4) is 0 Å². The summed E-state index contributed by atoms with van der Waals surface area (Å²) in [6.45, 7) is 11.7. The highest BCUT2D eigenvalue weighted by molar-refractivity contribution is 4.84. The maximum absolute atomic E-state index is 3.47. The number of hydrogen-bond donors (Lipinski definition) is 1.